The SMILES string of the molecule is COc1ccc2c(c1)c(-c1cc3cccnc3[nH]1)cn2CC(=O)NC(CO)CSCc1ccccc1. The van der Waals surface area contributed by atoms with Crippen LogP contribution in [0.4, 0.5) is 0 Å². The van der Waals surface area contributed by atoms with Crippen LogP contribution in [0.2, 0.25) is 0 Å². The summed E-state index contributed by atoms with van der Waals surface area (Å²) in [6.07, 6.45) is 3.74. The van der Waals surface area contributed by atoms with Crippen molar-refractivity contribution in [3.63, 3.8) is 0 Å². The number of nitrogens with one attached hydrogen (secondary N) is 2. The van der Waals surface area contributed by atoms with Crippen molar-refractivity contribution in [1.29, 1.82) is 0 Å². The molecule has 1 unspecified atom stereocenters. The van der Waals surface area contributed by atoms with Crippen molar-refractivity contribution in [3.05, 3.63) is 84.7 Å². The number of aliphatic hydroxyl groups is 1. The van der Waals surface area contributed by atoms with E-state index >= 15 is 0 Å². The minimum Gasteiger partial charge on any atom is -0.497 e. The minimum absolute atomic E-state index is 0.107. The number of methoxy groups -OCH3 is 1. The molecule has 0 aliphatic heterocycles. The quantitative estimate of drug-likeness (QED) is 0.261. The highest BCUT2D eigenvalue weighted by Crippen LogP contribution is 2.34. The van der Waals surface area contributed by atoms with Crippen molar-refractivity contribution >= 4 is 39.6 Å². The van der Waals surface area contributed by atoms with Crippen molar-refractivity contribution < 1.29 is 14.6 Å². The fourth-order valence-corrected chi connectivity index (χ4v) is 5.33. The molecule has 0 fully saturated rings. The summed E-state index contributed by atoms with van der Waals surface area (Å²) < 4.78 is 7.39. The van der Waals surface area contributed by atoms with E-state index in [9.17, 15) is 9.90 Å². The predicted octanol–water partition coefficient (Wildman–Crippen LogP) is 4.60. The topological polar surface area (TPSA) is 92.2 Å². The van der Waals surface area contributed by atoms with Gasteiger partial charge in [-0.25, -0.2) is 4.98 Å². The molecule has 7 nitrogen and oxygen atoms in total. The first kappa shape index (κ1) is 24.0. The number of aromatic amines is 1. The van der Waals surface area contributed by atoms with Gasteiger partial charge in [0, 0.05) is 51.4 Å². The Hall–Kier alpha value is -3.75. The molecule has 3 aromatic heterocycles. The lowest BCUT2D eigenvalue weighted by Crippen LogP contribution is -2.41. The molecule has 2 aromatic carbocycles. The number of hydrogen-bond donors (Lipinski definition) is 3. The number of benzene rings is 2. The van der Waals surface area contributed by atoms with Gasteiger partial charge in [-0.15, -0.1) is 0 Å². The van der Waals surface area contributed by atoms with E-state index in [-0.39, 0.29) is 25.1 Å². The molecule has 36 heavy (non-hydrogen) atoms. The molecule has 1 atom stereocenters. The van der Waals surface area contributed by atoms with E-state index in [1.807, 2.05) is 59.3 Å². The van der Waals surface area contributed by atoms with E-state index in [2.05, 4.69) is 33.5 Å². The van der Waals surface area contributed by atoms with Crippen molar-refractivity contribution in [2.24, 2.45) is 0 Å². The van der Waals surface area contributed by atoms with E-state index in [1.54, 1.807) is 25.1 Å². The lowest BCUT2D eigenvalue weighted by molar-refractivity contribution is -0.122. The van der Waals surface area contributed by atoms with Crippen LogP contribution in [0.1, 0.15) is 5.56 Å². The molecule has 0 saturated carbocycles. The molecule has 1 amide bonds. The van der Waals surface area contributed by atoms with E-state index in [0.717, 1.165) is 44.7 Å². The third-order valence-corrected chi connectivity index (χ3v) is 7.28. The summed E-state index contributed by atoms with van der Waals surface area (Å²) >= 11 is 1.69. The van der Waals surface area contributed by atoms with Crippen LogP contribution < -0.4 is 10.1 Å². The summed E-state index contributed by atoms with van der Waals surface area (Å²) in [6, 6.07) is 21.7. The van der Waals surface area contributed by atoms with Gasteiger partial charge >= 0.3 is 0 Å². The van der Waals surface area contributed by atoms with Gasteiger partial charge in [0.2, 0.25) is 5.91 Å². The van der Waals surface area contributed by atoms with Crippen LogP contribution in [0.25, 0.3) is 33.2 Å². The Morgan fingerprint density at radius 2 is 2.03 bits per heavy atom. The van der Waals surface area contributed by atoms with Crippen LogP contribution in [0.15, 0.2) is 79.1 Å². The van der Waals surface area contributed by atoms with E-state index < -0.39 is 0 Å². The van der Waals surface area contributed by atoms with Gasteiger partial charge in [-0.1, -0.05) is 30.3 Å². The van der Waals surface area contributed by atoms with Crippen LogP contribution in [0.3, 0.4) is 0 Å². The van der Waals surface area contributed by atoms with Crippen molar-refractivity contribution in [2.75, 3.05) is 19.5 Å². The average Bonchev–Trinajstić information content (AvgIpc) is 3.49. The van der Waals surface area contributed by atoms with Gasteiger partial charge in [0.1, 0.15) is 17.9 Å². The highest BCUT2D eigenvalue weighted by molar-refractivity contribution is 7.98. The van der Waals surface area contributed by atoms with E-state index in [4.69, 9.17) is 4.74 Å². The second-order valence-electron chi connectivity index (χ2n) is 8.63. The lowest BCUT2D eigenvalue weighted by atomic mass is 10.1. The molecule has 3 N–H and O–H groups in total. The molecule has 0 aliphatic carbocycles. The molecular weight excluding hydrogens is 472 g/mol. The number of aromatic nitrogens is 3. The molecule has 0 spiro atoms. The predicted molar refractivity (Wildman–Crippen MR) is 145 cm³/mol. The van der Waals surface area contributed by atoms with E-state index in [0.29, 0.717) is 5.75 Å². The van der Waals surface area contributed by atoms with Crippen molar-refractivity contribution in [3.8, 4) is 17.0 Å². The summed E-state index contributed by atoms with van der Waals surface area (Å²) in [5, 5.41) is 14.8. The molecule has 5 rings (SSSR count). The minimum atomic E-state index is -0.313. The van der Waals surface area contributed by atoms with E-state index in [1.165, 1.54) is 5.56 Å². The van der Waals surface area contributed by atoms with Gasteiger partial charge in [0.15, 0.2) is 0 Å². The fourth-order valence-electron chi connectivity index (χ4n) is 4.31. The molecule has 0 radical (unpaired) electrons. The van der Waals surface area contributed by atoms with Gasteiger partial charge in [0.05, 0.1) is 19.8 Å². The third-order valence-electron chi connectivity index (χ3n) is 6.10. The molecule has 184 valence electrons. The number of aliphatic hydroxyl groups excluding tert-OH is 1. The Kier molecular flexibility index (Phi) is 7.25. The Morgan fingerprint density at radius 1 is 1.17 bits per heavy atom. The largest absolute Gasteiger partial charge is 0.497 e. The first-order valence-corrected chi connectivity index (χ1v) is 12.9. The molecule has 0 saturated heterocycles. The number of H-pyrrole nitrogens is 1. The smallest absolute Gasteiger partial charge is 0.240 e. The second-order valence-corrected chi connectivity index (χ2v) is 9.66. The van der Waals surface area contributed by atoms with Crippen LogP contribution in [-0.2, 0) is 17.1 Å². The number of ether oxygens (including phenoxy) is 1. The fraction of sp³-hybridized carbons (Fsp3) is 0.214. The maximum absolute atomic E-state index is 13.0. The van der Waals surface area contributed by atoms with Gasteiger partial charge in [-0.3, -0.25) is 4.79 Å². The maximum Gasteiger partial charge on any atom is 0.240 e. The lowest BCUT2D eigenvalue weighted by Gasteiger charge is -2.16. The van der Waals surface area contributed by atoms with Crippen LogP contribution in [0.5, 0.6) is 5.75 Å². The highest BCUT2D eigenvalue weighted by atomic mass is 32.2. The number of carbonyl (C=O) groups is 1. The zero-order chi connectivity index (χ0) is 24.9. The van der Waals surface area contributed by atoms with Crippen LogP contribution >= 0.6 is 11.8 Å². The van der Waals surface area contributed by atoms with Gasteiger partial charge in [-0.05, 0) is 42.0 Å². The average molecular weight is 501 g/mol. The zero-order valence-corrected chi connectivity index (χ0v) is 20.8. The van der Waals surface area contributed by atoms with Crippen LogP contribution in [-0.4, -0.2) is 51.1 Å². The molecular formula is C28H28N4O3S. The van der Waals surface area contributed by atoms with Crippen LogP contribution in [0, 0.1) is 0 Å². The Bertz CT molecular complexity index is 1450. The van der Waals surface area contributed by atoms with Gasteiger partial charge < -0.3 is 24.7 Å². The zero-order valence-electron chi connectivity index (χ0n) is 20.0. The summed E-state index contributed by atoms with van der Waals surface area (Å²) in [7, 11) is 1.64. The Balaban J connectivity index is 1.34. The molecule has 3 heterocycles. The number of amides is 1. The normalized spacial score (nSPS) is 12.2. The number of rotatable bonds is 10. The monoisotopic (exact) mass is 500 g/mol. The number of pyridine rings is 1. The molecule has 5 aromatic rings. The van der Waals surface area contributed by atoms with Crippen molar-refractivity contribution in [2.45, 2.75) is 18.3 Å². The number of carbonyl (C=O) groups excluding carboxylic acids is 1. The number of hydrogen-bond acceptors (Lipinski definition) is 5. The maximum atomic E-state index is 13.0. The van der Waals surface area contributed by atoms with Gasteiger partial charge in [-0.2, -0.15) is 11.8 Å². The highest BCUT2D eigenvalue weighted by Gasteiger charge is 2.17. The molecule has 0 bridgehead atoms. The second kappa shape index (κ2) is 10.9. The van der Waals surface area contributed by atoms with Crippen molar-refractivity contribution in [1.82, 2.24) is 19.9 Å². The standard InChI is InChI=1S/C28H28N4O3S/c1-35-22-9-10-26-23(13-22)24(25-12-20-8-5-11-29-28(20)31-25)14-32(26)15-27(34)30-21(16-33)18-36-17-19-6-3-2-4-7-19/h2-14,21,33H,15-18H2,1H3,(H,29,31)(H,30,34). The Morgan fingerprint density at radius 3 is 2.81 bits per heavy atom. The summed E-state index contributed by atoms with van der Waals surface area (Å²) in [5.74, 6) is 2.07. The number of thioether (sulfide) groups is 1. The molecule has 8 heteroatoms. The van der Waals surface area contributed by atoms with Gasteiger partial charge in [0.25, 0.3) is 0 Å². The number of nitrogens with zero attached hydrogens (tertiary/aromatic N) is 2. The summed E-state index contributed by atoms with van der Waals surface area (Å²) in [6.45, 7) is 0.0334. The molecule has 0 aliphatic rings. The summed E-state index contributed by atoms with van der Waals surface area (Å²) in [5.41, 5.74) is 4.84. The first-order valence-electron chi connectivity index (χ1n) is 11.8. The third kappa shape index (κ3) is 5.24. The Labute approximate surface area is 213 Å². The first-order chi connectivity index (χ1) is 17.6. The number of fused-ring (bicyclic) bond motifs is 2. The summed E-state index contributed by atoms with van der Waals surface area (Å²) in [4.78, 5) is 20.8.